The largest absolute Gasteiger partial charge is 0.459 e. The van der Waals surface area contributed by atoms with Gasteiger partial charge in [0, 0.05) is 74.0 Å². The number of carbonyl (C=O) groups is 3. The van der Waals surface area contributed by atoms with Crippen LogP contribution in [0.1, 0.15) is 180 Å². The van der Waals surface area contributed by atoms with Gasteiger partial charge in [0.2, 0.25) is 0 Å². The summed E-state index contributed by atoms with van der Waals surface area (Å²) in [7, 11) is 3.55. The molecule has 86 heavy (non-hydrogen) atoms. The number of fused-ring (bicyclic) bond motifs is 5. The summed E-state index contributed by atoms with van der Waals surface area (Å²) < 4.78 is 56.8. The summed E-state index contributed by atoms with van der Waals surface area (Å²) in [5.41, 5.74) is -10.7. The number of ketones is 1. The van der Waals surface area contributed by atoms with Crippen molar-refractivity contribution in [2.24, 2.45) is 46.3 Å². The van der Waals surface area contributed by atoms with Crippen LogP contribution in [0.4, 0.5) is 4.39 Å². The lowest BCUT2D eigenvalue weighted by Gasteiger charge is -2.62. The summed E-state index contributed by atoms with van der Waals surface area (Å²) in [6, 6.07) is -0.865. The van der Waals surface area contributed by atoms with Crippen LogP contribution in [0.5, 0.6) is 0 Å². The van der Waals surface area contributed by atoms with Gasteiger partial charge in [-0.2, -0.15) is 0 Å². The number of methoxy groups -OCH3 is 1. The van der Waals surface area contributed by atoms with Crippen molar-refractivity contribution in [3.05, 3.63) is 23.8 Å². The number of nitrogens with zero attached hydrogens (tertiary/aromatic N) is 2. The van der Waals surface area contributed by atoms with Crippen LogP contribution in [0.3, 0.4) is 0 Å². The van der Waals surface area contributed by atoms with Crippen molar-refractivity contribution in [1.29, 1.82) is 0 Å². The molecule has 0 spiro atoms. The van der Waals surface area contributed by atoms with E-state index >= 15 is 4.39 Å². The number of likely N-dealkylation sites (N-methyl/N-ethyl adjacent to an activating group) is 1. The van der Waals surface area contributed by atoms with Crippen LogP contribution in [-0.4, -0.2) is 211 Å². The van der Waals surface area contributed by atoms with Crippen molar-refractivity contribution >= 4 is 17.7 Å². The lowest BCUT2D eigenvalue weighted by atomic mass is 9.44. The molecule has 0 radical (unpaired) electrons. The molecule has 0 aromatic carbocycles. The molecule has 20 heteroatoms. The predicted octanol–water partition coefficient (Wildman–Crippen LogP) is 5.83. The van der Waals surface area contributed by atoms with Crippen molar-refractivity contribution in [2.75, 3.05) is 33.8 Å². The molecule has 492 valence electrons. The van der Waals surface area contributed by atoms with Crippen LogP contribution in [0.25, 0.3) is 0 Å². The molecule has 3 saturated heterocycles. The number of aliphatic hydroxyl groups excluding tert-OH is 4. The minimum absolute atomic E-state index is 0.0689. The van der Waals surface area contributed by atoms with E-state index in [1.807, 2.05) is 32.7 Å². The summed E-state index contributed by atoms with van der Waals surface area (Å²) in [5.74, 6) is -5.70. The molecule has 3 heterocycles. The molecule has 4 unspecified atom stereocenters. The number of esters is 1. The van der Waals surface area contributed by atoms with Crippen LogP contribution in [-0.2, 0) is 42.8 Å². The van der Waals surface area contributed by atoms with Gasteiger partial charge in [0.05, 0.1) is 47.6 Å². The number of carbonyl (C=O) groups excluding carboxylic acids is 3. The zero-order chi connectivity index (χ0) is 63.6. The van der Waals surface area contributed by atoms with Crippen LogP contribution in [0, 0.1) is 46.3 Å². The molecular weight excluding hydrogens is 1110 g/mol. The topological polar surface area (TPSA) is 267 Å². The fourth-order valence-electron chi connectivity index (χ4n) is 18.2. The smallest absolute Gasteiger partial charge is 0.311 e. The van der Waals surface area contributed by atoms with Crippen LogP contribution in [0.15, 0.2) is 23.8 Å². The minimum Gasteiger partial charge on any atom is -0.459 e. The third-order valence-electron chi connectivity index (χ3n) is 23.5. The Morgan fingerprint density at radius 1 is 0.872 bits per heavy atom. The lowest BCUT2D eigenvalue weighted by molar-refractivity contribution is -0.318. The number of rotatable bonds is 13. The van der Waals surface area contributed by atoms with Crippen LogP contribution in [0.2, 0.25) is 0 Å². The zero-order valence-corrected chi connectivity index (χ0v) is 54.4. The van der Waals surface area contributed by atoms with Gasteiger partial charge in [-0.3, -0.25) is 24.2 Å². The van der Waals surface area contributed by atoms with E-state index in [4.69, 9.17) is 28.4 Å². The van der Waals surface area contributed by atoms with E-state index in [0.29, 0.717) is 37.7 Å². The summed E-state index contributed by atoms with van der Waals surface area (Å²) in [6.45, 7) is 23.3. The van der Waals surface area contributed by atoms with E-state index in [1.54, 1.807) is 68.4 Å². The van der Waals surface area contributed by atoms with Gasteiger partial charge >= 0.3 is 5.97 Å². The number of ether oxygens (including phenoxy) is 6. The predicted molar refractivity (Wildman–Crippen MR) is 320 cm³/mol. The quantitative estimate of drug-likeness (QED) is 0.0797. The normalized spacial score (nSPS) is 49.4. The van der Waals surface area contributed by atoms with Gasteiger partial charge in [0.15, 0.2) is 29.6 Å². The molecule has 0 aromatic heterocycles. The number of nitrogens with one attached hydrogen (secondary N) is 1. The Hall–Kier alpha value is -2.54. The molecule has 1 amide bonds. The Kier molecular flexibility index (Phi) is 21.1. The Labute approximate surface area is 511 Å². The van der Waals surface area contributed by atoms with Gasteiger partial charge in [-0.05, 0) is 157 Å². The third kappa shape index (κ3) is 12.5. The van der Waals surface area contributed by atoms with Crippen molar-refractivity contribution in [3.63, 3.8) is 0 Å². The highest BCUT2D eigenvalue weighted by molar-refractivity contribution is 6.01. The first-order valence-electron chi connectivity index (χ1n) is 32.7. The SMILES string of the molecule is CC[C@H]1OC(=O)[C@H](C)[C@@H](OC2C[C@@](C)(OC)[C@@H](O)[C@H](C)O2)[C@@H](C)[C@@H](OC2O[C@H](C)C[C@H](N(C)C3CCCCC3)[C@H]2O)[C@](C)(O)C[C@@H](C)CN(CCCNC(=O)[C@@]2(O)[C@H](C)CC3C4CCC5=CC(=O)C=C[C@]5(C)[C@@]4(F)[C@@H](O)C[C@@]32C)[C@H](C)[C@@H](O)[C@]1(C)O. The average Bonchev–Trinajstić information content (AvgIpc) is 1.34. The number of aliphatic hydroxyl groups is 7. The highest BCUT2D eigenvalue weighted by Gasteiger charge is 2.76. The zero-order valence-electron chi connectivity index (χ0n) is 54.4. The highest BCUT2D eigenvalue weighted by Crippen LogP contribution is 2.70. The van der Waals surface area contributed by atoms with E-state index in [-0.39, 0.29) is 75.2 Å². The molecule has 26 atom stereocenters. The Balaban J connectivity index is 1.07. The van der Waals surface area contributed by atoms with E-state index in [1.165, 1.54) is 32.6 Å². The van der Waals surface area contributed by atoms with E-state index in [2.05, 4.69) is 10.2 Å². The number of alkyl halides is 1. The van der Waals surface area contributed by atoms with E-state index in [0.717, 1.165) is 25.7 Å². The lowest BCUT2D eigenvalue weighted by Crippen LogP contribution is -2.70. The van der Waals surface area contributed by atoms with Crippen molar-refractivity contribution in [3.8, 4) is 0 Å². The maximum absolute atomic E-state index is 18.0. The molecular formula is C66H110FN3O16. The molecule has 8 rings (SSSR count). The van der Waals surface area contributed by atoms with Crippen molar-refractivity contribution < 1.29 is 82.9 Å². The van der Waals surface area contributed by atoms with Crippen molar-refractivity contribution in [2.45, 2.75) is 294 Å². The van der Waals surface area contributed by atoms with Crippen LogP contribution >= 0.6 is 0 Å². The number of hydrogen-bond acceptors (Lipinski definition) is 18. The van der Waals surface area contributed by atoms with Crippen LogP contribution < -0.4 is 5.32 Å². The number of hydrogen-bond donors (Lipinski definition) is 8. The second-order valence-corrected chi connectivity index (χ2v) is 29.5. The molecule has 4 saturated carbocycles. The number of halogens is 1. The second-order valence-electron chi connectivity index (χ2n) is 29.5. The van der Waals surface area contributed by atoms with Gasteiger partial charge < -0.3 is 69.5 Å². The second kappa shape index (κ2) is 26.2. The van der Waals surface area contributed by atoms with Gasteiger partial charge in [0.1, 0.15) is 30.0 Å². The maximum Gasteiger partial charge on any atom is 0.311 e. The van der Waals surface area contributed by atoms with Gasteiger partial charge in [-0.15, -0.1) is 0 Å². The molecule has 19 nitrogen and oxygen atoms in total. The van der Waals surface area contributed by atoms with Gasteiger partial charge in [0.25, 0.3) is 5.91 Å². The first-order valence-corrected chi connectivity index (χ1v) is 32.7. The number of cyclic esters (lactones) is 1. The standard InChI is InChI=1S/C66H110FN3O16/c1-16-50-64(13,79)54(74)41(7)70(28-20-27-68-59(77)66(80)37(3)29-47-46-24-23-43-31-45(71)25-26-60(43,9)65(46,67)49(72)33-61(47,66)10)35-36(2)32-62(11,78)56(86-58-52(73)48(30-38(4)82-58)69(14)44-21-18-17-19-22-44)39(5)53(40(6)57(76)84-50)85-51-34-63(12,81-15)55(75)42(8)83-51/h25-26,31,36-42,44,46-56,58,72-75,78-80H,16-24,27-30,32-35H2,1-15H3,(H,68,77)/t36-,37-,38-,39-,40-,41-,42+,46?,47?,48+,49+,50-,51?,52-,53+,54-,55+,56-,58?,60+,61+,62-,63-,64-,65+,66+/m1/s1. The summed E-state index contributed by atoms with van der Waals surface area (Å²) in [5, 5.41) is 89.5. The van der Waals surface area contributed by atoms with E-state index in [9.17, 15) is 50.1 Å². The molecule has 5 aliphatic carbocycles. The fraction of sp³-hybridized carbons (Fsp3) is 0.894. The first kappa shape index (κ1) is 69.4. The summed E-state index contributed by atoms with van der Waals surface area (Å²) >= 11 is 0. The average molecular weight is 1220 g/mol. The fourth-order valence-corrected chi connectivity index (χ4v) is 18.2. The molecule has 8 aliphatic rings. The van der Waals surface area contributed by atoms with Gasteiger partial charge in [-0.25, -0.2) is 4.39 Å². The molecule has 0 bridgehead atoms. The maximum atomic E-state index is 18.0. The minimum atomic E-state index is -2.13. The Bertz CT molecular complexity index is 2440. The van der Waals surface area contributed by atoms with Gasteiger partial charge in [-0.1, -0.05) is 65.5 Å². The molecule has 3 aliphatic heterocycles. The summed E-state index contributed by atoms with van der Waals surface area (Å²) in [4.78, 5) is 46.2. The van der Waals surface area contributed by atoms with Crippen molar-refractivity contribution in [1.82, 2.24) is 15.1 Å². The highest BCUT2D eigenvalue weighted by atomic mass is 19.1. The first-order chi connectivity index (χ1) is 40.1. The number of amides is 1. The number of allylic oxidation sites excluding steroid dienone is 4. The molecule has 8 N–H and O–H groups in total. The Morgan fingerprint density at radius 3 is 2.20 bits per heavy atom. The third-order valence-corrected chi connectivity index (χ3v) is 23.5. The molecule has 0 aromatic rings. The Morgan fingerprint density at radius 2 is 1.55 bits per heavy atom. The van der Waals surface area contributed by atoms with E-state index < -0.39 is 148 Å². The monoisotopic (exact) mass is 1220 g/mol. The summed E-state index contributed by atoms with van der Waals surface area (Å²) in [6.07, 6.45) is -0.110. The molecule has 7 fully saturated rings.